The summed E-state index contributed by atoms with van der Waals surface area (Å²) in [5, 5.41) is 2.35. The molecule has 0 bridgehead atoms. The van der Waals surface area contributed by atoms with Crippen LogP contribution in [0.25, 0.3) is 0 Å². The largest absolute Gasteiger partial charge is 0.500 e. The normalized spacial score (nSPS) is 11.2. The van der Waals surface area contributed by atoms with Crippen LogP contribution in [0.4, 0.5) is 0 Å². The van der Waals surface area contributed by atoms with Crippen LogP contribution in [-0.4, -0.2) is 40.3 Å². The van der Waals surface area contributed by atoms with E-state index in [9.17, 15) is 0 Å². The molecule has 0 atom stereocenters. The van der Waals surface area contributed by atoms with Gasteiger partial charge in [0.1, 0.15) is 0 Å². The summed E-state index contributed by atoms with van der Waals surface area (Å²) in [6.07, 6.45) is 0.857. The summed E-state index contributed by atoms with van der Waals surface area (Å²) in [7, 11) is -2.47. The molecule has 0 aromatic carbocycles. The highest BCUT2D eigenvalue weighted by Crippen LogP contribution is 2.17. The minimum absolute atomic E-state index is 0.614. The van der Waals surface area contributed by atoms with Crippen LogP contribution >= 0.6 is 12.2 Å². The molecule has 0 unspecified atom stereocenters. The van der Waals surface area contributed by atoms with Crippen molar-refractivity contribution >= 4 is 26.2 Å². The number of thiocarbonyl (C=S) groups is 1. The first-order chi connectivity index (χ1) is 7.74. The molecule has 0 spiro atoms. The van der Waals surface area contributed by atoms with E-state index in [-0.39, 0.29) is 0 Å². The van der Waals surface area contributed by atoms with Crippen LogP contribution in [0.15, 0.2) is 4.99 Å². The van der Waals surface area contributed by atoms with Crippen LogP contribution in [0.2, 0.25) is 6.04 Å². The zero-order valence-electron chi connectivity index (χ0n) is 10.3. The molecule has 4 nitrogen and oxygen atoms in total. The Hall–Kier alpha value is -0.103. The van der Waals surface area contributed by atoms with Gasteiger partial charge in [0, 0.05) is 32.4 Å². The van der Waals surface area contributed by atoms with E-state index in [1.807, 2.05) is 20.8 Å². The third-order valence-electron chi connectivity index (χ3n) is 1.91. The molecule has 0 aromatic rings. The first-order valence-electron chi connectivity index (χ1n) is 5.70. The highest BCUT2D eigenvalue weighted by molar-refractivity contribution is 7.78. The van der Waals surface area contributed by atoms with Crippen molar-refractivity contribution in [2.24, 2.45) is 4.99 Å². The van der Waals surface area contributed by atoms with Gasteiger partial charge in [-0.1, -0.05) is 0 Å². The van der Waals surface area contributed by atoms with Crippen LogP contribution in [0.3, 0.4) is 0 Å². The summed E-state index contributed by atoms with van der Waals surface area (Å²) in [6, 6.07) is 0.781. The molecule has 0 aliphatic rings. The summed E-state index contributed by atoms with van der Waals surface area (Å²) in [6.45, 7) is 8.36. The van der Waals surface area contributed by atoms with Crippen LogP contribution in [0.1, 0.15) is 27.2 Å². The average molecular weight is 263 g/mol. The summed E-state index contributed by atoms with van der Waals surface area (Å²) in [5.74, 6) is 0. The summed E-state index contributed by atoms with van der Waals surface area (Å²) >= 11 is 4.51. The van der Waals surface area contributed by atoms with Gasteiger partial charge in [0.2, 0.25) is 0 Å². The first kappa shape index (κ1) is 15.9. The molecule has 0 aliphatic carbocycles. The number of aliphatic imine (C=N–C) groups is 1. The zero-order chi connectivity index (χ0) is 12.3. The van der Waals surface area contributed by atoms with Gasteiger partial charge < -0.3 is 13.3 Å². The standard InChI is InChI=1S/C10H21NO3SSi/c1-4-12-16(13-5-2,14-6-3)9-7-8-11-10-15/h4-9H2,1-3H3. The van der Waals surface area contributed by atoms with Crippen LogP contribution < -0.4 is 0 Å². The Bertz CT molecular complexity index is 205. The lowest BCUT2D eigenvalue weighted by atomic mass is 10.5. The number of nitrogens with zero attached hydrogens (tertiary/aromatic N) is 1. The molecule has 6 heteroatoms. The van der Waals surface area contributed by atoms with E-state index < -0.39 is 8.80 Å². The summed E-state index contributed by atoms with van der Waals surface area (Å²) < 4.78 is 17.1. The highest BCUT2D eigenvalue weighted by atomic mass is 32.1. The maximum Gasteiger partial charge on any atom is 0.500 e. The Morgan fingerprint density at radius 3 is 1.94 bits per heavy atom. The van der Waals surface area contributed by atoms with Gasteiger partial charge in [-0.3, -0.25) is 0 Å². The Balaban J connectivity index is 4.27. The molecule has 0 aromatic heterocycles. The summed E-state index contributed by atoms with van der Waals surface area (Å²) in [4.78, 5) is 3.88. The maximum atomic E-state index is 5.70. The SMILES string of the molecule is CCO[Si](CCCN=C=S)(OCC)OCC. The molecule has 94 valence electrons. The number of hydrogen-bond acceptors (Lipinski definition) is 5. The predicted octanol–water partition coefficient (Wildman–Crippen LogP) is 2.53. The molecular weight excluding hydrogens is 242 g/mol. The Morgan fingerprint density at radius 1 is 1.06 bits per heavy atom. The lowest BCUT2D eigenvalue weighted by Gasteiger charge is -2.28. The van der Waals surface area contributed by atoms with Crippen LogP contribution in [0, 0.1) is 0 Å². The Labute approximate surface area is 104 Å². The van der Waals surface area contributed by atoms with E-state index in [0.29, 0.717) is 26.4 Å². The van der Waals surface area contributed by atoms with Crippen molar-refractivity contribution in [3.63, 3.8) is 0 Å². The second-order valence-corrected chi connectivity index (χ2v) is 5.97. The van der Waals surface area contributed by atoms with Crippen molar-refractivity contribution < 1.29 is 13.3 Å². The highest BCUT2D eigenvalue weighted by Gasteiger charge is 2.39. The fourth-order valence-corrected chi connectivity index (χ4v) is 4.11. The van der Waals surface area contributed by atoms with Crippen molar-refractivity contribution in [2.75, 3.05) is 26.4 Å². The van der Waals surface area contributed by atoms with Crippen molar-refractivity contribution in [3.8, 4) is 0 Å². The smallest absolute Gasteiger partial charge is 0.374 e. The molecular formula is C10H21NO3SSi. The van der Waals surface area contributed by atoms with Gasteiger partial charge in [-0.15, -0.1) is 0 Å². The third-order valence-corrected chi connectivity index (χ3v) is 5.19. The fraction of sp³-hybridized carbons (Fsp3) is 0.900. The molecule has 0 saturated heterocycles. The molecule has 0 radical (unpaired) electrons. The Morgan fingerprint density at radius 2 is 1.56 bits per heavy atom. The van der Waals surface area contributed by atoms with E-state index >= 15 is 0 Å². The van der Waals surface area contributed by atoms with E-state index in [0.717, 1.165) is 12.5 Å². The van der Waals surface area contributed by atoms with Crippen LogP contribution in [-0.2, 0) is 13.3 Å². The van der Waals surface area contributed by atoms with Crippen molar-refractivity contribution in [2.45, 2.75) is 33.2 Å². The fourth-order valence-electron chi connectivity index (χ4n) is 1.42. The number of rotatable bonds is 10. The van der Waals surface area contributed by atoms with Crippen molar-refractivity contribution in [1.29, 1.82) is 0 Å². The quantitative estimate of drug-likeness (QED) is 0.263. The zero-order valence-corrected chi connectivity index (χ0v) is 12.1. The van der Waals surface area contributed by atoms with Crippen molar-refractivity contribution in [1.82, 2.24) is 0 Å². The maximum absolute atomic E-state index is 5.70. The third kappa shape index (κ3) is 6.47. The van der Waals surface area contributed by atoms with Gasteiger partial charge in [0.25, 0.3) is 0 Å². The molecule has 0 saturated carbocycles. The molecule has 0 fully saturated rings. The van der Waals surface area contributed by atoms with Gasteiger partial charge >= 0.3 is 8.80 Å². The average Bonchev–Trinajstić information content (AvgIpc) is 2.26. The van der Waals surface area contributed by atoms with E-state index in [1.54, 1.807) is 0 Å². The van der Waals surface area contributed by atoms with Gasteiger partial charge in [0.15, 0.2) is 0 Å². The van der Waals surface area contributed by atoms with Gasteiger partial charge in [-0.05, 0) is 39.4 Å². The molecule has 0 N–H and O–H groups in total. The molecule has 0 heterocycles. The molecule has 0 rings (SSSR count). The predicted molar refractivity (Wildman–Crippen MR) is 69.9 cm³/mol. The number of hydrogen-bond donors (Lipinski definition) is 0. The first-order valence-corrected chi connectivity index (χ1v) is 8.04. The minimum Gasteiger partial charge on any atom is -0.374 e. The monoisotopic (exact) mass is 263 g/mol. The molecule has 0 amide bonds. The lowest BCUT2D eigenvalue weighted by Crippen LogP contribution is -2.46. The second-order valence-electron chi connectivity index (χ2n) is 3.06. The number of isothiocyanates is 1. The van der Waals surface area contributed by atoms with E-state index in [1.165, 1.54) is 0 Å². The van der Waals surface area contributed by atoms with Crippen molar-refractivity contribution in [3.05, 3.63) is 0 Å². The molecule has 0 aliphatic heterocycles. The van der Waals surface area contributed by atoms with Gasteiger partial charge in [0.05, 0.1) is 5.16 Å². The second kappa shape index (κ2) is 10.1. The van der Waals surface area contributed by atoms with E-state index in [2.05, 4.69) is 22.4 Å². The Kier molecular flexibility index (Phi) is 10.0. The van der Waals surface area contributed by atoms with Gasteiger partial charge in [-0.2, -0.15) is 0 Å². The summed E-state index contributed by atoms with van der Waals surface area (Å²) in [5.41, 5.74) is 0. The minimum atomic E-state index is -2.47. The van der Waals surface area contributed by atoms with E-state index in [4.69, 9.17) is 13.3 Å². The lowest BCUT2D eigenvalue weighted by molar-refractivity contribution is 0.0710. The topological polar surface area (TPSA) is 40.0 Å². The van der Waals surface area contributed by atoms with Crippen LogP contribution in [0.5, 0.6) is 0 Å². The van der Waals surface area contributed by atoms with Gasteiger partial charge in [-0.25, -0.2) is 4.99 Å². The molecule has 16 heavy (non-hydrogen) atoms.